The predicted octanol–water partition coefficient (Wildman–Crippen LogP) is 0.952. The van der Waals surface area contributed by atoms with Gasteiger partial charge >= 0.3 is 6.09 Å². The van der Waals surface area contributed by atoms with Gasteiger partial charge in [-0.3, -0.25) is 0 Å². The summed E-state index contributed by atoms with van der Waals surface area (Å²) in [5, 5.41) is 16.8. The average Bonchev–Trinajstić information content (AvgIpc) is 2.95. The summed E-state index contributed by atoms with van der Waals surface area (Å²) < 4.78 is 7.04. The summed E-state index contributed by atoms with van der Waals surface area (Å²) >= 11 is 0. The number of amides is 1. The maximum absolute atomic E-state index is 11.9. The third-order valence-corrected chi connectivity index (χ3v) is 2.91. The van der Waals surface area contributed by atoms with Crippen molar-refractivity contribution in [3.63, 3.8) is 0 Å². The van der Waals surface area contributed by atoms with Crippen LogP contribution in [0.4, 0.5) is 4.79 Å². The number of hydrogen-bond acceptors (Lipinski definition) is 5. The molecule has 0 spiro atoms. The Labute approximate surface area is 112 Å². The Bertz CT molecular complexity index is 452. The molecule has 0 saturated carbocycles. The molecular weight excluding hydrogens is 248 g/mol. The van der Waals surface area contributed by atoms with E-state index in [4.69, 9.17) is 9.84 Å². The Hall–Kier alpha value is -1.63. The zero-order valence-electron chi connectivity index (χ0n) is 11.5. The van der Waals surface area contributed by atoms with Crippen molar-refractivity contribution in [3.8, 4) is 0 Å². The van der Waals surface area contributed by atoms with Crippen molar-refractivity contribution in [1.82, 2.24) is 19.9 Å². The summed E-state index contributed by atoms with van der Waals surface area (Å²) in [6.07, 6.45) is 2.23. The number of nitrogens with zero attached hydrogens (tertiary/aromatic N) is 4. The molecule has 1 aliphatic heterocycles. The number of carbonyl (C=O) groups excluding carboxylic acids is 1. The first-order chi connectivity index (χ1) is 8.89. The van der Waals surface area contributed by atoms with E-state index < -0.39 is 5.60 Å². The van der Waals surface area contributed by atoms with Crippen molar-refractivity contribution in [2.24, 2.45) is 0 Å². The van der Waals surface area contributed by atoms with Crippen molar-refractivity contribution >= 4 is 6.09 Å². The van der Waals surface area contributed by atoms with E-state index in [1.165, 1.54) is 0 Å². The van der Waals surface area contributed by atoms with Gasteiger partial charge in [0.2, 0.25) is 0 Å². The van der Waals surface area contributed by atoms with E-state index in [1.807, 2.05) is 20.8 Å². The van der Waals surface area contributed by atoms with Crippen molar-refractivity contribution in [2.45, 2.75) is 45.4 Å². The first-order valence-electron chi connectivity index (χ1n) is 6.38. The number of aromatic nitrogens is 3. The summed E-state index contributed by atoms with van der Waals surface area (Å²) in [6.45, 7) is 6.63. The maximum Gasteiger partial charge on any atom is 0.410 e. The van der Waals surface area contributed by atoms with Crippen LogP contribution in [-0.4, -0.2) is 49.8 Å². The van der Waals surface area contributed by atoms with E-state index in [0.717, 1.165) is 6.42 Å². The molecule has 19 heavy (non-hydrogen) atoms. The molecule has 0 bridgehead atoms. The Morgan fingerprint density at radius 3 is 2.89 bits per heavy atom. The minimum absolute atomic E-state index is 0.0975. The zero-order chi connectivity index (χ0) is 14.0. The molecular formula is C12H20N4O3. The molecule has 1 aromatic heterocycles. The molecule has 1 N–H and O–H groups in total. The predicted molar refractivity (Wildman–Crippen MR) is 67.4 cm³/mol. The molecule has 2 rings (SSSR count). The monoisotopic (exact) mass is 268 g/mol. The Balaban J connectivity index is 1.94. The first-order valence-corrected chi connectivity index (χ1v) is 6.38. The van der Waals surface area contributed by atoms with Gasteiger partial charge in [-0.15, -0.1) is 5.10 Å². The van der Waals surface area contributed by atoms with Crippen molar-refractivity contribution < 1.29 is 14.6 Å². The van der Waals surface area contributed by atoms with Gasteiger partial charge in [0.05, 0.1) is 18.8 Å². The highest BCUT2D eigenvalue weighted by atomic mass is 16.6. The van der Waals surface area contributed by atoms with Crippen LogP contribution in [-0.2, 0) is 11.3 Å². The molecule has 1 unspecified atom stereocenters. The van der Waals surface area contributed by atoms with Crippen LogP contribution in [0.3, 0.4) is 0 Å². The fraction of sp³-hybridized carbons (Fsp3) is 0.750. The average molecular weight is 268 g/mol. The minimum atomic E-state index is -0.480. The highest BCUT2D eigenvalue weighted by Gasteiger charge is 2.31. The fourth-order valence-corrected chi connectivity index (χ4v) is 2.01. The number of ether oxygens (including phenoxy) is 1. The van der Waals surface area contributed by atoms with Gasteiger partial charge in [0.1, 0.15) is 11.3 Å². The van der Waals surface area contributed by atoms with E-state index in [0.29, 0.717) is 18.8 Å². The number of likely N-dealkylation sites (tertiary alicyclic amines) is 1. The topological polar surface area (TPSA) is 80.5 Å². The molecule has 106 valence electrons. The van der Waals surface area contributed by atoms with Gasteiger partial charge in [-0.25, -0.2) is 9.48 Å². The zero-order valence-corrected chi connectivity index (χ0v) is 11.5. The largest absolute Gasteiger partial charge is 0.444 e. The van der Waals surface area contributed by atoms with Crippen LogP contribution >= 0.6 is 0 Å². The maximum atomic E-state index is 11.9. The molecule has 7 heteroatoms. The number of hydrogen-bond donors (Lipinski definition) is 1. The number of carbonyl (C=O) groups is 1. The van der Waals surface area contributed by atoms with E-state index >= 15 is 0 Å². The lowest BCUT2D eigenvalue weighted by molar-refractivity contribution is 0.0288. The Kier molecular flexibility index (Phi) is 3.75. The lowest BCUT2D eigenvalue weighted by Gasteiger charge is -2.24. The molecule has 1 atom stereocenters. The van der Waals surface area contributed by atoms with Crippen molar-refractivity contribution in [2.75, 3.05) is 13.1 Å². The molecule has 1 aliphatic rings. The normalized spacial score (nSPS) is 19.8. The molecule has 1 fully saturated rings. The highest BCUT2D eigenvalue weighted by molar-refractivity contribution is 5.68. The van der Waals surface area contributed by atoms with Gasteiger partial charge in [-0.05, 0) is 27.2 Å². The Morgan fingerprint density at radius 1 is 1.58 bits per heavy atom. The van der Waals surface area contributed by atoms with Crippen molar-refractivity contribution in [3.05, 3.63) is 11.9 Å². The standard InChI is InChI=1S/C12H20N4O3/c1-12(2,3)19-11(18)15-5-4-10(7-15)16-6-9(8-17)13-14-16/h6,10,17H,4-5,7-8H2,1-3H3. The molecule has 1 saturated heterocycles. The van der Waals surface area contributed by atoms with Gasteiger partial charge in [-0.1, -0.05) is 5.21 Å². The smallest absolute Gasteiger partial charge is 0.410 e. The summed E-state index contributed by atoms with van der Waals surface area (Å²) in [5.74, 6) is 0. The SMILES string of the molecule is CC(C)(C)OC(=O)N1CCC(n2cc(CO)nn2)C1. The van der Waals surface area contributed by atoms with Crippen LogP contribution in [0.2, 0.25) is 0 Å². The second kappa shape index (κ2) is 5.16. The van der Waals surface area contributed by atoms with E-state index in [9.17, 15) is 4.79 Å². The highest BCUT2D eigenvalue weighted by Crippen LogP contribution is 2.22. The summed E-state index contributed by atoms with van der Waals surface area (Å²) in [4.78, 5) is 13.6. The molecule has 0 radical (unpaired) electrons. The van der Waals surface area contributed by atoms with E-state index in [1.54, 1.807) is 15.8 Å². The van der Waals surface area contributed by atoms with Crippen LogP contribution in [0.5, 0.6) is 0 Å². The number of aliphatic hydroxyl groups excluding tert-OH is 1. The molecule has 1 aromatic rings. The third-order valence-electron chi connectivity index (χ3n) is 2.91. The summed E-state index contributed by atoms with van der Waals surface area (Å²) in [5.41, 5.74) is 0.0580. The molecule has 0 aromatic carbocycles. The van der Waals surface area contributed by atoms with Gasteiger partial charge in [-0.2, -0.15) is 0 Å². The van der Waals surface area contributed by atoms with Crippen LogP contribution in [0.1, 0.15) is 38.9 Å². The fourth-order valence-electron chi connectivity index (χ4n) is 2.01. The van der Waals surface area contributed by atoms with Gasteiger partial charge in [0.15, 0.2) is 0 Å². The van der Waals surface area contributed by atoms with Crippen LogP contribution in [0.25, 0.3) is 0 Å². The van der Waals surface area contributed by atoms with Crippen LogP contribution in [0.15, 0.2) is 6.20 Å². The summed E-state index contributed by atoms with van der Waals surface area (Å²) in [6, 6.07) is 0.0975. The number of aliphatic hydroxyl groups is 1. The second-order valence-corrected chi connectivity index (χ2v) is 5.72. The van der Waals surface area contributed by atoms with Gasteiger partial charge in [0.25, 0.3) is 0 Å². The first kappa shape index (κ1) is 13.8. The van der Waals surface area contributed by atoms with E-state index in [-0.39, 0.29) is 18.7 Å². The molecule has 0 aliphatic carbocycles. The lowest BCUT2D eigenvalue weighted by Crippen LogP contribution is -2.35. The minimum Gasteiger partial charge on any atom is -0.444 e. The molecule has 2 heterocycles. The Morgan fingerprint density at radius 2 is 2.32 bits per heavy atom. The van der Waals surface area contributed by atoms with Crippen LogP contribution in [0, 0.1) is 0 Å². The van der Waals surface area contributed by atoms with Crippen LogP contribution < -0.4 is 0 Å². The lowest BCUT2D eigenvalue weighted by atomic mass is 10.2. The second-order valence-electron chi connectivity index (χ2n) is 5.72. The number of rotatable bonds is 2. The summed E-state index contributed by atoms with van der Waals surface area (Å²) in [7, 11) is 0. The quantitative estimate of drug-likeness (QED) is 0.863. The van der Waals surface area contributed by atoms with E-state index in [2.05, 4.69) is 10.3 Å². The molecule has 1 amide bonds. The van der Waals surface area contributed by atoms with Crippen molar-refractivity contribution in [1.29, 1.82) is 0 Å². The molecule has 7 nitrogen and oxygen atoms in total. The van der Waals surface area contributed by atoms with Gasteiger partial charge in [0, 0.05) is 13.1 Å². The third kappa shape index (κ3) is 3.44. The van der Waals surface area contributed by atoms with Gasteiger partial charge < -0.3 is 14.7 Å².